The molecule has 5 rings (SSSR count). The summed E-state index contributed by atoms with van der Waals surface area (Å²) >= 11 is 6.37. The molecular formula is C20H18ClFN4O3. The Labute approximate surface area is 170 Å². The third-order valence-corrected chi connectivity index (χ3v) is 5.41. The third-order valence-electron chi connectivity index (χ3n) is 5.11. The van der Waals surface area contributed by atoms with Gasteiger partial charge in [-0.15, -0.1) is 0 Å². The van der Waals surface area contributed by atoms with Crippen molar-refractivity contribution in [1.82, 2.24) is 9.97 Å². The number of aromatic nitrogens is 2. The first-order valence-electron chi connectivity index (χ1n) is 9.24. The minimum absolute atomic E-state index is 0.0278. The van der Waals surface area contributed by atoms with Gasteiger partial charge in [0, 0.05) is 18.4 Å². The van der Waals surface area contributed by atoms with Crippen molar-refractivity contribution in [2.75, 3.05) is 24.3 Å². The van der Waals surface area contributed by atoms with Gasteiger partial charge in [0.1, 0.15) is 29.8 Å². The molecule has 0 aliphatic carbocycles. The summed E-state index contributed by atoms with van der Waals surface area (Å²) in [6, 6.07) is 7.61. The van der Waals surface area contributed by atoms with Crippen molar-refractivity contribution in [1.29, 1.82) is 0 Å². The molecule has 3 aromatic rings. The molecule has 3 atom stereocenters. The lowest BCUT2D eigenvalue weighted by molar-refractivity contribution is 0.0310. The molecule has 2 aromatic carbocycles. The summed E-state index contributed by atoms with van der Waals surface area (Å²) in [6.45, 7) is 1.03. The Hall–Kier alpha value is -2.68. The van der Waals surface area contributed by atoms with Gasteiger partial charge in [-0.3, -0.25) is 0 Å². The maximum atomic E-state index is 14.0. The summed E-state index contributed by atoms with van der Waals surface area (Å²) in [4.78, 5) is 8.52. The molecule has 0 saturated carbocycles. The third kappa shape index (κ3) is 3.43. The van der Waals surface area contributed by atoms with Crippen molar-refractivity contribution in [2.24, 2.45) is 0 Å². The van der Waals surface area contributed by atoms with Crippen LogP contribution in [0.3, 0.4) is 0 Å². The topological polar surface area (TPSA) is 91.5 Å². The monoisotopic (exact) mass is 416 g/mol. The van der Waals surface area contributed by atoms with Crippen molar-refractivity contribution in [3.63, 3.8) is 0 Å². The Kier molecular flexibility index (Phi) is 4.61. The van der Waals surface area contributed by atoms with Crippen LogP contribution < -0.4 is 15.8 Å². The second-order valence-corrected chi connectivity index (χ2v) is 7.44. The van der Waals surface area contributed by atoms with E-state index in [0.29, 0.717) is 52.1 Å². The molecule has 7 nitrogen and oxygen atoms in total. The quantitative estimate of drug-likeness (QED) is 0.627. The number of nitrogens with two attached hydrogens (primary N) is 1. The Morgan fingerprint density at radius 2 is 2.10 bits per heavy atom. The van der Waals surface area contributed by atoms with Crippen LogP contribution in [0.1, 0.15) is 6.42 Å². The first kappa shape index (κ1) is 18.4. The standard InChI is InChI=1S/C20H18ClFN4O3/c21-12-6-11(23)7-14-18(12)20(25-9-24-14)26-13-2-1-10(22)5-16(13)29-17-8-28-15-3-4-27-19(15)17/h1-2,5-7,9,15,17,19H,3-4,8,23H2,(H,24,25,26). The van der Waals surface area contributed by atoms with Crippen LogP contribution in [0.15, 0.2) is 36.7 Å². The molecule has 2 aliphatic heterocycles. The number of nitrogens with one attached hydrogen (secondary N) is 1. The van der Waals surface area contributed by atoms with Crippen molar-refractivity contribution in [2.45, 2.75) is 24.7 Å². The number of rotatable bonds is 4. The zero-order valence-corrected chi connectivity index (χ0v) is 16.0. The normalized spacial score (nSPS) is 23.3. The number of hydrogen-bond acceptors (Lipinski definition) is 7. The first-order chi connectivity index (χ1) is 14.1. The van der Waals surface area contributed by atoms with Gasteiger partial charge < -0.3 is 25.3 Å². The second-order valence-electron chi connectivity index (χ2n) is 7.04. The van der Waals surface area contributed by atoms with Crippen LogP contribution in [0, 0.1) is 5.82 Å². The summed E-state index contributed by atoms with van der Waals surface area (Å²) in [7, 11) is 0. The van der Waals surface area contributed by atoms with Crippen LogP contribution in [-0.4, -0.2) is 41.5 Å². The molecule has 2 saturated heterocycles. The molecule has 150 valence electrons. The lowest BCUT2D eigenvalue weighted by Gasteiger charge is -2.21. The van der Waals surface area contributed by atoms with Crippen LogP contribution >= 0.6 is 11.6 Å². The maximum absolute atomic E-state index is 14.0. The highest BCUT2D eigenvalue weighted by atomic mass is 35.5. The van der Waals surface area contributed by atoms with E-state index in [1.165, 1.54) is 18.5 Å². The maximum Gasteiger partial charge on any atom is 0.151 e. The SMILES string of the molecule is Nc1cc(Cl)c2c(Nc3ccc(F)cc3OC3COC4CCOC43)ncnc2c1. The van der Waals surface area contributed by atoms with E-state index < -0.39 is 5.82 Å². The van der Waals surface area contributed by atoms with Crippen molar-refractivity contribution >= 4 is 39.7 Å². The Bertz CT molecular complexity index is 1080. The Balaban J connectivity index is 1.49. The molecule has 0 amide bonds. The Morgan fingerprint density at radius 3 is 3.00 bits per heavy atom. The number of benzene rings is 2. The first-order valence-corrected chi connectivity index (χ1v) is 9.62. The largest absolute Gasteiger partial charge is 0.483 e. The van der Waals surface area contributed by atoms with Crippen LogP contribution in [-0.2, 0) is 9.47 Å². The summed E-state index contributed by atoms with van der Waals surface area (Å²) < 4.78 is 31.5. The van der Waals surface area contributed by atoms with Crippen LogP contribution in [0.2, 0.25) is 5.02 Å². The fraction of sp³-hybridized carbons (Fsp3) is 0.300. The van der Waals surface area contributed by atoms with Gasteiger partial charge >= 0.3 is 0 Å². The molecule has 2 fully saturated rings. The zero-order chi connectivity index (χ0) is 20.0. The van der Waals surface area contributed by atoms with Crippen LogP contribution in [0.25, 0.3) is 10.9 Å². The molecule has 3 unspecified atom stereocenters. The number of ether oxygens (including phenoxy) is 3. The lowest BCUT2D eigenvalue weighted by Crippen LogP contribution is -2.32. The number of nitrogens with zero attached hydrogens (tertiary/aromatic N) is 2. The van der Waals surface area contributed by atoms with Crippen LogP contribution in [0.5, 0.6) is 5.75 Å². The summed E-state index contributed by atoms with van der Waals surface area (Å²) in [5, 5.41) is 4.22. The van der Waals surface area contributed by atoms with Gasteiger partial charge in [0.15, 0.2) is 6.10 Å². The van der Waals surface area contributed by atoms with E-state index in [0.717, 1.165) is 6.42 Å². The summed E-state index contributed by atoms with van der Waals surface area (Å²) in [6.07, 6.45) is 1.82. The van der Waals surface area contributed by atoms with Crippen molar-refractivity contribution in [3.8, 4) is 5.75 Å². The minimum Gasteiger partial charge on any atom is -0.483 e. The predicted octanol–water partition coefficient (Wildman–Crippen LogP) is 3.68. The van der Waals surface area contributed by atoms with E-state index in [9.17, 15) is 4.39 Å². The number of halogens is 2. The number of nitrogen functional groups attached to an aromatic ring is 1. The Morgan fingerprint density at radius 1 is 1.21 bits per heavy atom. The molecular weight excluding hydrogens is 399 g/mol. The van der Waals surface area contributed by atoms with Crippen molar-refractivity contribution in [3.05, 3.63) is 47.5 Å². The average molecular weight is 417 g/mol. The van der Waals surface area contributed by atoms with Gasteiger partial charge in [-0.25, -0.2) is 14.4 Å². The van der Waals surface area contributed by atoms with Gasteiger partial charge in [0.25, 0.3) is 0 Å². The molecule has 0 spiro atoms. The van der Waals surface area contributed by atoms with Gasteiger partial charge in [0.05, 0.1) is 34.3 Å². The molecule has 0 bridgehead atoms. The average Bonchev–Trinajstić information content (AvgIpc) is 3.28. The van der Waals surface area contributed by atoms with E-state index >= 15 is 0 Å². The highest BCUT2D eigenvalue weighted by Crippen LogP contribution is 2.36. The lowest BCUT2D eigenvalue weighted by atomic mass is 10.1. The second kappa shape index (κ2) is 7.29. The highest BCUT2D eigenvalue weighted by Gasteiger charge is 2.43. The minimum atomic E-state index is -0.410. The van der Waals surface area contributed by atoms with Gasteiger partial charge in [0.2, 0.25) is 0 Å². The fourth-order valence-corrected chi connectivity index (χ4v) is 4.09. The van der Waals surface area contributed by atoms with Crippen LogP contribution in [0.4, 0.5) is 21.6 Å². The van der Waals surface area contributed by atoms with E-state index in [2.05, 4.69) is 15.3 Å². The van der Waals surface area contributed by atoms with E-state index in [1.54, 1.807) is 18.2 Å². The van der Waals surface area contributed by atoms with E-state index in [4.69, 9.17) is 31.5 Å². The summed E-state index contributed by atoms with van der Waals surface area (Å²) in [5.41, 5.74) is 7.50. The number of fused-ring (bicyclic) bond motifs is 2. The number of hydrogen-bond donors (Lipinski definition) is 2. The molecule has 3 heterocycles. The van der Waals surface area contributed by atoms with E-state index in [1.807, 2.05) is 0 Å². The smallest absolute Gasteiger partial charge is 0.151 e. The molecule has 29 heavy (non-hydrogen) atoms. The molecule has 1 aromatic heterocycles. The summed E-state index contributed by atoms with van der Waals surface area (Å²) in [5.74, 6) is 0.397. The van der Waals surface area contributed by atoms with Crippen molar-refractivity contribution < 1.29 is 18.6 Å². The van der Waals surface area contributed by atoms with E-state index in [-0.39, 0.29) is 18.3 Å². The predicted molar refractivity (Wildman–Crippen MR) is 107 cm³/mol. The van der Waals surface area contributed by atoms with Gasteiger partial charge in [-0.1, -0.05) is 11.6 Å². The molecule has 0 radical (unpaired) electrons. The molecule has 9 heteroatoms. The highest BCUT2D eigenvalue weighted by molar-refractivity contribution is 6.36. The number of anilines is 3. The fourth-order valence-electron chi connectivity index (χ4n) is 3.78. The molecule has 2 aliphatic rings. The van der Waals surface area contributed by atoms with Gasteiger partial charge in [-0.05, 0) is 30.7 Å². The van der Waals surface area contributed by atoms with Gasteiger partial charge in [-0.2, -0.15) is 0 Å². The zero-order valence-electron chi connectivity index (χ0n) is 15.3. The molecule has 3 N–H and O–H groups in total.